The highest BCUT2D eigenvalue weighted by molar-refractivity contribution is 7.19. The highest BCUT2D eigenvalue weighted by Gasteiger charge is 2.45. The number of para-hydroxylation sites is 1. The molecular formula is C40H34F2N6O3S. The first-order chi connectivity index (χ1) is 25.2. The standard InChI is InChI=1S/C40H34F2N6O3S/c1-23-5-11-29(37(43-23)47-21-40(22-47)14-17-51-18-15-40)38(49)44-27-9-6-24(7-10-27)39(50)48-16-13-25-19-33(36-45-31-4-2-3-30(42)34(31)46-36)52-35(25)28-12-8-26(41)20-32(28)48/h2-12,19-20H,13-18,21-22H2,1H3,(H,44,49)(H,45,46). The van der Waals surface area contributed by atoms with Crippen LogP contribution in [-0.4, -0.2) is 59.6 Å². The first kappa shape index (κ1) is 32.4. The average molecular weight is 717 g/mol. The van der Waals surface area contributed by atoms with Crippen molar-refractivity contribution in [3.63, 3.8) is 0 Å². The average Bonchev–Trinajstić information content (AvgIpc) is 3.74. The van der Waals surface area contributed by atoms with Crippen LogP contribution >= 0.6 is 11.3 Å². The predicted octanol–water partition coefficient (Wildman–Crippen LogP) is 8.01. The Labute approximate surface area is 302 Å². The number of rotatable bonds is 5. The molecule has 1 spiro atoms. The summed E-state index contributed by atoms with van der Waals surface area (Å²) in [7, 11) is 0. The van der Waals surface area contributed by atoms with Gasteiger partial charge in [0.25, 0.3) is 11.8 Å². The minimum atomic E-state index is -0.450. The number of ether oxygens (including phenoxy) is 1. The van der Waals surface area contributed by atoms with Crippen LogP contribution in [0.4, 0.5) is 26.0 Å². The van der Waals surface area contributed by atoms with Crippen molar-refractivity contribution in [2.45, 2.75) is 26.2 Å². The molecule has 0 unspecified atom stereocenters. The van der Waals surface area contributed by atoms with Crippen LogP contribution in [0.25, 0.3) is 32.2 Å². The lowest BCUT2D eigenvalue weighted by Crippen LogP contribution is -2.59. The lowest BCUT2D eigenvalue weighted by atomic mass is 9.73. The summed E-state index contributed by atoms with van der Waals surface area (Å²) in [5, 5.41) is 2.98. The summed E-state index contributed by atoms with van der Waals surface area (Å²) in [5.41, 5.74) is 5.60. The highest BCUT2D eigenvalue weighted by Crippen LogP contribution is 2.45. The van der Waals surface area contributed by atoms with E-state index < -0.39 is 5.82 Å². The molecule has 3 aliphatic rings. The molecule has 262 valence electrons. The van der Waals surface area contributed by atoms with Gasteiger partial charge in [0, 0.05) is 65.6 Å². The van der Waals surface area contributed by atoms with Crippen molar-refractivity contribution in [1.82, 2.24) is 15.0 Å². The van der Waals surface area contributed by atoms with Crippen LogP contribution in [0.2, 0.25) is 0 Å². The largest absolute Gasteiger partial charge is 0.381 e. The van der Waals surface area contributed by atoms with E-state index in [-0.39, 0.29) is 23.0 Å². The molecule has 2 N–H and O–H groups in total. The van der Waals surface area contributed by atoms with Crippen molar-refractivity contribution in [2.75, 3.05) is 48.0 Å². The third-order valence-electron chi connectivity index (χ3n) is 10.4. The number of nitrogens with one attached hydrogen (secondary N) is 2. The summed E-state index contributed by atoms with van der Waals surface area (Å²) < 4.78 is 34.7. The number of aryl methyl sites for hydroxylation is 1. The van der Waals surface area contributed by atoms with Gasteiger partial charge in [0.2, 0.25) is 0 Å². The number of carbonyl (C=O) groups is 2. The third-order valence-corrected chi connectivity index (χ3v) is 11.6. The Morgan fingerprint density at radius 1 is 0.962 bits per heavy atom. The molecule has 3 aliphatic heterocycles. The molecule has 0 bridgehead atoms. The summed E-state index contributed by atoms with van der Waals surface area (Å²) in [5.74, 6) is -0.138. The fourth-order valence-corrected chi connectivity index (χ4v) is 8.79. The second-order valence-electron chi connectivity index (χ2n) is 13.9. The smallest absolute Gasteiger partial charge is 0.259 e. The van der Waals surface area contributed by atoms with E-state index in [1.165, 1.54) is 29.5 Å². The van der Waals surface area contributed by atoms with Crippen LogP contribution in [0.5, 0.6) is 0 Å². The zero-order valence-electron chi connectivity index (χ0n) is 28.3. The molecule has 3 aromatic heterocycles. The summed E-state index contributed by atoms with van der Waals surface area (Å²) in [6.07, 6.45) is 2.56. The molecule has 0 aliphatic carbocycles. The van der Waals surface area contributed by atoms with Gasteiger partial charge < -0.3 is 24.8 Å². The van der Waals surface area contributed by atoms with E-state index in [0.29, 0.717) is 58.1 Å². The highest BCUT2D eigenvalue weighted by atomic mass is 32.1. The van der Waals surface area contributed by atoms with Crippen molar-refractivity contribution in [3.8, 4) is 21.1 Å². The molecule has 9 rings (SSSR count). The van der Waals surface area contributed by atoms with Crippen LogP contribution < -0.4 is 15.1 Å². The van der Waals surface area contributed by atoms with Gasteiger partial charge >= 0.3 is 0 Å². The summed E-state index contributed by atoms with van der Waals surface area (Å²) in [6, 6.07) is 21.7. The molecule has 3 aromatic carbocycles. The van der Waals surface area contributed by atoms with Crippen molar-refractivity contribution in [3.05, 3.63) is 113 Å². The van der Waals surface area contributed by atoms with Crippen molar-refractivity contribution >= 4 is 51.4 Å². The number of H-pyrrole nitrogens is 1. The van der Waals surface area contributed by atoms with Gasteiger partial charge in [0.1, 0.15) is 28.8 Å². The number of aromatic nitrogens is 3. The molecule has 2 fully saturated rings. The van der Waals surface area contributed by atoms with Crippen LogP contribution in [-0.2, 0) is 11.2 Å². The number of amides is 2. The molecule has 52 heavy (non-hydrogen) atoms. The Morgan fingerprint density at radius 2 is 1.77 bits per heavy atom. The van der Waals surface area contributed by atoms with Crippen molar-refractivity contribution in [1.29, 1.82) is 0 Å². The van der Waals surface area contributed by atoms with Crippen molar-refractivity contribution < 1.29 is 23.1 Å². The van der Waals surface area contributed by atoms with Gasteiger partial charge in [-0.25, -0.2) is 18.7 Å². The molecule has 0 saturated carbocycles. The number of hydrogen-bond donors (Lipinski definition) is 2. The fraction of sp³-hybridized carbons (Fsp3) is 0.250. The topological polar surface area (TPSA) is 103 Å². The summed E-state index contributed by atoms with van der Waals surface area (Å²) in [6.45, 7) is 5.48. The Balaban J connectivity index is 0.940. The van der Waals surface area contributed by atoms with Gasteiger partial charge in [-0.3, -0.25) is 9.59 Å². The molecule has 0 atom stereocenters. The normalized spacial score (nSPS) is 16.3. The van der Waals surface area contributed by atoms with Gasteiger partial charge in [-0.05, 0) is 105 Å². The van der Waals surface area contributed by atoms with Gasteiger partial charge in [-0.15, -0.1) is 11.3 Å². The molecule has 0 radical (unpaired) electrons. The molecule has 12 heteroatoms. The first-order valence-corrected chi connectivity index (χ1v) is 18.2. The maximum absolute atomic E-state index is 14.8. The van der Waals surface area contributed by atoms with Crippen molar-refractivity contribution in [2.24, 2.45) is 5.41 Å². The molecule has 2 saturated heterocycles. The zero-order valence-corrected chi connectivity index (χ0v) is 29.2. The molecule has 6 heterocycles. The van der Waals surface area contributed by atoms with E-state index in [2.05, 4.69) is 20.2 Å². The maximum Gasteiger partial charge on any atom is 0.259 e. The number of aromatic amines is 1. The maximum atomic E-state index is 14.8. The van der Waals surface area contributed by atoms with E-state index in [9.17, 15) is 18.4 Å². The monoisotopic (exact) mass is 716 g/mol. The Hall–Kier alpha value is -5.46. The third kappa shape index (κ3) is 5.72. The number of fused-ring (bicyclic) bond motifs is 4. The zero-order chi connectivity index (χ0) is 35.6. The number of anilines is 3. The van der Waals surface area contributed by atoms with E-state index >= 15 is 0 Å². The van der Waals surface area contributed by atoms with E-state index in [4.69, 9.17) is 9.72 Å². The fourth-order valence-electron chi connectivity index (χ4n) is 7.60. The Morgan fingerprint density at radius 3 is 2.56 bits per heavy atom. The van der Waals surface area contributed by atoms with Crippen LogP contribution in [0, 0.1) is 24.0 Å². The van der Waals surface area contributed by atoms with Crippen LogP contribution in [0.1, 0.15) is 44.8 Å². The molecule has 6 aromatic rings. The summed E-state index contributed by atoms with van der Waals surface area (Å²) >= 11 is 1.47. The lowest BCUT2D eigenvalue weighted by molar-refractivity contribution is -0.000518. The first-order valence-electron chi connectivity index (χ1n) is 17.3. The number of nitrogens with zero attached hydrogens (tertiary/aromatic N) is 4. The number of imidazole rings is 1. The van der Waals surface area contributed by atoms with E-state index in [1.807, 2.05) is 25.1 Å². The SMILES string of the molecule is Cc1ccc(C(=O)Nc2ccc(C(=O)N3CCc4cc(-c5nc6cccc(F)c6[nH]5)sc4-c4ccc(F)cc43)cc2)c(N2CC3(CCOCC3)C2)n1. The molecular weight excluding hydrogens is 683 g/mol. The number of benzene rings is 3. The van der Waals surface area contributed by atoms with Gasteiger partial charge in [0.05, 0.1) is 21.6 Å². The van der Waals surface area contributed by atoms with Crippen LogP contribution in [0.3, 0.4) is 0 Å². The number of hydrogen-bond acceptors (Lipinski definition) is 7. The quantitative estimate of drug-likeness (QED) is 0.187. The lowest BCUT2D eigenvalue weighted by Gasteiger charge is -2.53. The van der Waals surface area contributed by atoms with Gasteiger partial charge in [-0.1, -0.05) is 6.07 Å². The number of thiophene rings is 1. The van der Waals surface area contributed by atoms with Gasteiger partial charge in [-0.2, -0.15) is 0 Å². The molecule has 2 amide bonds. The second-order valence-corrected chi connectivity index (χ2v) is 14.9. The minimum absolute atomic E-state index is 0.228. The summed E-state index contributed by atoms with van der Waals surface area (Å²) in [4.78, 5) is 45.6. The molecule has 9 nitrogen and oxygen atoms in total. The minimum Gasteiger partial charge on any atom is -0.381 e. The van der Waals surface area contributed by atoms with Gasteiger partial charge in [0.15, 0.2) is 0 Å². The Kier molecular flexibility index (Phi) is 7.89. The number of halogens is 2. The van der Waals surface area contributed by atoms with Crippen LogP contribution in [0.15, 0.2) is 78.9 Å². The predicted molar refractivity (Wildman–Crippen MR) is 198 cm³/mol. The van der Waals surface area contributed by atoms with E-state index in [1.54, 1.807) is 47.4 Å². The number of carbonyl (C=O) groups excluding carboxylic acids is 2. The van der Waals surface area contributed by atoms with E-state index in [0.717, 1.165) is 65.7 Å². The second kappa shape index (κ2) is 12.6. The number of pyridine rings is 1. The Bertz CT molecular complexity index is 2380.